The molecule has 6 nitrogen and oxygen atoms in total. The zero-order chi connectivity index (χ0) is 21.4. The van der Waals surface area contributed by atoms with Gasteiger partial charge >= 0.3 is 0 Å². The van der Waals surface area contributed by atoms with Crippen LogP contribution >= 0.6 is 0 Å². The first-order valence-electron chi connectivity index (χ1n) is 9.55. The van der Waals surface area contributed by atoms with Crippen LogP contribution in [-0.4, -0.2) is 32.4 Å². The van der Waals surface area contributed by atoms with E-state index < -0.39 is 21.5 Å². The molecule has 2 aromatic carbocycles. The Kier molecular flexibility index (Phi) is 7.04. The molecule has 154 valence electrons. The van der Waals surface area contributed by atoms with Crippen LogP contribution in [0.1, 0.15) is 17.7 Å². The second-order valence-corrected chi connectivity index (χ2v) is 9.03. The summed E-state index contributed by atoms with van der Waals surface area (Å²) >= 11 is 0. The number of nitriles is 1. The molecule has 0 radical (unpaired) electrons. The van der Waals surface area contributed by atoms with E-state index >= 15 is 0 Å². The molecule has 7 heteroatoms. The van der Waals surface area contributed by atoms with Gasteiger partial charge in [0.2, 0.25) is 5.91 Å². The van der Waals surface area contributed by atoms with E-state index in [0.29, 0.717) is 24.3 Å². The van der Waals surface area contributed by atoms with Gasteiger partial charge in [-0.2, -0.15) is 5.26 Å². The van der Waals surface area contributed by atoms with Crippen molar-refractivity contribution in [3.05, 3.63) is 77.6 Å². The van der Waals surface area contributed by atoms with Crippen molar-refractivity contribution < 1.29 is 17.6 Å². The van der Waals surface area contributed by atoms with Crippen LogP contribution in [0.25, 0.3) is 17.0 Å². The Bertz CT molecular complexity index is 1160. The van der Waals surface area contributed by atoms with Gasteiger partial charge < -0.3 is 9.73 Å². The molecule has 0 saturated heterocycles. The molecule has 1 amide bonds. The molecule has 1 N–H and O–H groups in total. The highest BCUT2D eigenvalue weighted by Crippen LogP contribution is 2.21. The zero-order valence-electron chi connectivity index (χ0n) is 16.4. The largest absolute Gasteiger partial charge is 0.457 e. The third-order valence-corrected chi connectivity index (χ3v) is 6.07. The van der Waals surface area contributed by atoms with E-state index in [1.54, 1.807) is 12.1 Å². The lowest BCUT2D eigenvalue weighted by Crippen LogP contribution is -2.30. The Morgan fingerprint density at radius 3 is 2.57 bits per heavy atom. The number of amides is 1. The first-order valence-corrected chi connectivity index (χ1v) is 11.4. The van der Waals surface area contributed by atoms with Crippen molar-refractivity contribution in [2.45, 2.75) is 12.8 Å². The molecule has 3 rings (SSSR count). The summed E-state index contributed by atoms with van der Waals surface area (Å²) in [5.41, 5.74) is 1.81. The van der Waals surface area contributed by atoms with E-state index in [1.807, 2.05) is 54.6 Å². The predicted octanol–water partition coefficient (Wildman–Crippen LogP) is 3.50. The van der Waals surface area contributed by atoms with Gasteiger partial charge in [-0.15, -0.1) is 0 Å². The maximum absolute atomic E-state index is 12.8. The summed E-state index contributed by atoms with van der Waals surface area (Å²) in [6.45, 7) is 0.374. The van der Waals surface area contributed by atoms with E-state index in [-0.39, 0.29) is 17.7 Å². The summed E-state index contributed by atoms with van der Waals surface area (Å²) in [7, 11) is -3.61. The number of nitrogens with zero attached hydrogens (tertiary/aromatic N) is 1. The molecule has 0 fully saturated rings. The van der Waals surface area contributed by atoms with E-state index in [1.165, 1.54) is 6.08 Å². The Morgan fingerprint density at radius 1 is 1.10 bits per heavy atom. The number of rotatable bonds is 9. The summed E-state index contributed by atoms with van der Waals surface area (Å²) in [6.07, 6.45) is 1.98. The number of hydrogen-bond donors (Lipinski definition) is 1. The lowest BCUT2D eigenvalue weighted by molar-refractivity contribution is -0.117. The van der Waals surface area contributed by atoms with Crippen LogP contribution in [-0.2, 0) is 21.1 Å². The summed E-state index contributed by atoms with van der Waals surface area (Å²) in [6, 6.07) is 20.7. The Hall–Kier alpha value is -3.37. The third kappa shape index (κ3) is 6.06. The second-order valence-electron chi connectivity index (χ2n) is 6.85. The SMILES string of the molecule is N#CCCS(=O)(=O)C/C(=C\c1cc2ccccc2o1)C(=O)NCCc1ccccc1. The highest BCUT2D eigenvalue weighted by atomic mass is 32.2. The molecular formula is C23H22N2O4S. The fourth-order valence-electron chi connectivity index (χ4n) is 3.01. The van der Waals surface area contributed by atoms with Crippen LogP contribution < -0.4 is 5.32 Å². The number of carbonyl (C=O) groups excluding carboxylic acids is 1. The normalized spacial score (nSPS) is 11.9. The number of benzene rings is 2. The topological polar surface area (TPSA) is 100 Å². The average Bonchev–Trinajstić information content (AvgIpc) is 3.15. The quantitative estimate of drug-likeness (QED) is 0.532. The molecule has 3 aromatic rings. The van der Waals surface area contributed by atoms with Crippen molar-refractivity contribution in [2.75, 3.05) is 18.1 Å². The number of para-hydroxylation sites is 1. The highest BCUT2D eigenvalue weighted by molar-refractivity contribution is 7.91. The van der Waals surface area contributed by atoms with Crippen molar-refractivity contribution in [1.82, 2.24) is 5.32 Å². The van der Waals surface area contributed by atoms with E-state index in [4.69, 9.17) is 9.68 Å². The fraction of sp³-hybridized carbons (Fsp3) is 0.217. The third-order valence-electron chi connectivity index (χ3n) is 4.50. The lowest BCUT2D eigenvalue weighted by atomic mass is 10.1. The molecule has 30 heavy (non-hydrogen) atoms. The molecule has 0 aliphatic heterocycles. The van der Waals surface area contributed by atoms with Gasteiger partial charge in [-0.3, -0.25) is 4.79 Å². The number of furan rings is 1. The standard InChI is InChI=1S/C23H22N2O4S/c24-12-6-14-30(27,28)17-20(16-21-15-19-9-4-5-10-22(19)29-21)23(26)25-13-11-18-7-2-1-3-8-18/h1-5,7-10,15-16H,6,11,13-14,17H2,(H,25,26)/b20-16+. The molecule has 0 aliphatic carbocycles. The minimum atomic E-state index is -3.61. The van der Waals surface area contributed by atoms with Crippen LogP contribution in [0, 0.1) is 11.3 Å². The van der Waals surface area contributed by atoms with Crippen molar-refractivity contribution in [3.8, 4) is 6.07 Å². The first-order chi connectivity index (χ1) is 14.5. The van der Waals surface area contributed by atoms with E-state index in [9.17, 15) is 13.2 Å². The Balaban J connectivity index is 1.79. The number of sulfone groups is 1. The summed E-state index contributed by atoms with van der Waals surface area (Å²) in [5, 5.41) is 12.3. The van der Waals surface area contributed by atoms with Gasteiger partial charge in [0.1, 0.15) is 11.3 Å². The van der Waals surface area contributed by atoms with Crippen LogP contribution in [0.15, 0.2) is 70.7 Å². The number of fused-ring (bicyclic) bond motifs is 1. The molecule has 0 saturated carbocycles. The molecule has 0 aliphatic rings. The van der Waals surface area contributed by atoms with Crippen LogP contribution in [0.5, 0.6) is 0 Å². The zero-order valence-corrected chi connectivity index (χ0v) is 17.2. The van der Waals surface area contributed by atoms with E-state index in [2.05, 4.69) is 5.32 Å². The molecule has 0 spiro atoms. The maximum atomic E-state index is 12.8. The summed E-state index contributed by atoms with van der Waals surface area (Å²) in [5.74, 6) is -0.812. The first kappa shape index (κ1) is 21.3. The van der Waals surface area contributed by atoms with Crippen molar-refractivity contribution in [1.29, 1.82) is 5.26 Å². The van der Waals surface area contributed by atoms with Gasteiger partial charge in [0.05, 0.1) is 17.6 Å². The fourth-order valence-corrected chi connectivity index (χ4v) is 4.24. The van der Waals surface area contributed by atoms with Gasteiger partial charge in [-0.25, -0.2) is 8.42 Å². The summed E-state index contributed by atoms with van der Waals surface area (Å²) < 4.78 is 30.4. The molecule has 0 bridgehead atoms. The highest BCUT2D eigenvalue weighted by Gasteiger charge is 2.20. The number of hydrogen-bond acceptors (Lipinski definition) is 5. The lowest BCUT2D eigenvalue weighted by Gasteiger charge is -2.09. The van der Waals surface area contributed by atoms with Crippen LogP contribution in [0.2, 0.25) is 0 Å². The minimum Gasteiger partial charge on any atom is -0.457 e. The monoisotopic (exact) mass is 422 g/mol. The molecule has 1 aromatic heterocycles. The van der Waals surface area contributed by atoms with E-state index in [0.717, 1.165) is 10.9 Å². The Labute approximate surface area is 175 Å². The number of carbonyl (C=O) groups is 1. The Morgan fingerprint density at radius 2 is 1.83 bits per heavy atom. The number of nitrogens with one attached hydrogen (secondary N) is 1. The average molecular weight is 423 g/mol. The van der Waals surface area contributed by atoms with Gasteiger partial charge in [0.25, 0.3) is 0 Å². The predicted molar refractivity (Wildman–Crippen MR) is 116 cm³/mol. The molecular weight excluding hydrogens is 400 g/mol. The minimum absolute atomic E-state index is 0.0834. The maximum Gasteiger partial charge on any atom is 0.248 e. The molecule has 0 atom stereocenters. The molecule has 1 heterocycles. The summed E-state index contributed by atoms with van der Waals surface area (Å²) in [4.78, 5) is 12.8. The van der Waals surface area contributed by atoms with Crippen LogP contribution in [0.3, 0.4) is 0 Å². The smallest absolute Gasteiger partial charge is 0.248 e. The second kappa shape index (κ2) is 9.90. The van der Waals surface area contributed by atoms with Gasteiger partial charge in [-0.1, -0.05) is 48.5 Å². The van der Waals surface area contributed by atoms with Crippen LogP contribution in [0.4, 0.5) is 0 Å². The van der Waals surface area contributed by atoms with Crippen molar-refractivity contribution in [2.24, 2.45) is 0 Å². The van der Waals surface area contributed by atoms with Gasteiger partial charge in [-0.05, 0) is 30.2 Å². The van der Waals surface area contributed by atoms with Gasteiger partial charge in [0.15, 0.2) is 9.84 Å². The van der Waals surface area contributed by atoms with Crippen molar-refractivity contribution >= 4 is 32.8 Å². The van der Waals surface area contributed by atoms with Crippen molar-refractivity contribution in [3.63, 3.8) is 0 Å². The molecule has 0 unspecified atom stereocenters. The van der Waals surface area contributed by atoms with Gasteiger partial charge in [0, 0.05) is 23.9 Å².